The van der Waals surface area contributed by atoms with Gasteiger partial charge in [-0.15, -0.1) is 0 Å². The van der Waals surface area contributed by atoms with Gasteiger partial charge < -0.3 is 15.4 Å². The Morgan fingerprint density at radius 1 is 1.00 bits per heavy atom. The summed E-state index contributed by atoms with van der Waals surface area (Å²) < 4.78 is 4.64. The molecule has 5 nitrogen and oxygen atoms in total. The lowest BCUT2D eigenvalue weighted by atomic mass is 10.1. The number of rotatable bonds is 6. The number of aryl methyl sites for hydroxylation is 1. The zero-order valence-corrected chi connectivity index (χ0v) is 14.0. The molecule has 0 bridgehead atoms. The Morgan fingerprint density at radius 3 is 2.42 bits per heavy atom. The van der Waals surface area contributed by atoms with E-state index in [9.17, 15) is 9.59 Å². The van der Waals surface area contributed by atoms with Crippen LogP contribution in [-0.2, 0) is 17.7 Å². The van der Waals surface area contributed by atoms with Crippen LogP contribution in [0.3, 0.4) is 0 Å². The summed E-state index contributed by atoms with van der Waals surface area (Å²) in [5, 5.41) is 5.63. The lowest BCUT2D eigenvalue weighted by molar-refractivity contribution is 0.0600. The molecular formula is C19H22N2O3. The molecule has 24 heavy (non-hydrogen) atoms. The van der Waals surface area contributed by atoms with Crippen LogP contribution in [0, 0.1) is 6.92 Å². The Hall–Kier alpha value is -2.82. The van der Waals surface area contributed by atoms with Crippen molar-refractivity contribution in [2.45, 2.75) is 19.9 Å². The number of methoxy groups -OCH3 is 1. The molecule has 2 rings (SSSR count). The minimum absolute atomic E-state index is 0.209. The molecule has 2 aromatic rings. The Morgan fingerprint density at radius 2 is 1.75 bits per heavy atom. The van der Waals surface area contributed by atoms with Crippen LogP contribution in [0.15, 0.2) is 48.5 Å². The van der Waals surface area contributed by atoms with Crippen molar-refractivity contribution in [3.05, 3.63) is 70.8 Å². The van der Waals surface area contributed by atoms with E-state index in [1.807, 2.05) is 6.07 Å². The summed E-state index contributed by atoms with van der Waals surface area (Å²) in [6, 6.07) is 15.0. The van der Waals surface area contributed by atoms with Crippen molar-refractivity contribution in [2.24, 2.45) is 0 Å². The summed E-state index contributed by atoms with van der Waals surface area (Å²) in [4.78, 5) is 23.1. The molecule has 2 amide bonds. The lowest BCUT2D eigenvalue weighted by Gasteiger charge is -2.08. The van der Waals surface area contributed by atoms with E-state index in [1.54, 1.807) is 24.3 Å². The van der Waals surface area contributed by atoms with Crippen molar-refractivity contribution in [1.82, 2.24) is 10.6 Å². The van der Waals surface area contributed by atoms with Gasteiger partial charge in [0.25, 0.3) is 0 Å². The molecular weight excluding hydrogens is 304 g/mol. The molecule has 0 atom stereocenters. The van der Waals surface area contributed by atoms with Crippen LogP contribution >= 0.6 is 0 Å². The summed E-state index contributed by atoms with van der Waals surface area (Å²) >= 11 is 0. The van der Waals surface area contributed by atoms with Crippen LogP contribution < -0.4 is 10.6 Å². The van der Waals surface area contributed by atoms with Gasteiger partial charge >= 0.3 is 12.0 Å². The fourth-order valence-electron chi connectivity index (χ4n) is 2.31. The van der Waals surface area contributed by atoms with E-state index in [0.29, 0.717) is 18.7 Å². The molecule has 0 aliphatic heterocycles. The molecule has 0 saturated heterocycles. The third-order valence-electron chi connectivity index (χ3n) is 3.61. The zero-order valence-electron chi connectivity index (χ0n) is 14.0. The highest BCUT2D eigenvalue weighted by atomic mass is 16.5. The number of carbonyl (C=O) groups is 2. The van der Waals surface area contributed by atoms with Crippen molar-refractivity contribution in [3.63, 3.8) is 0 Å². The topological polar surface area (TPSA) is 67.4 Å². The van der Waals surface area contributed by atoms with Gasteiger partial charge in [-0.2, -0.15) is 0 Å². The van der Waals surface area contributed by atoms with Crippen molar-refractivity contribution >= 4 is 12.0 Å². The van der Waals surface area contributed by atoms with Crippen molar-refractivity contribution in [2.75, 3.05) is 13.7 Å². The molecule has 126 valence electrons. The van der Waals surface area contributed by atoms with Crippen molar-refractivity contribution < 1.29 is 14.3 Å². The standard InChI is InChI=1S/C19H22N2O3/c1-14-4-3-5-15(12-14)10-11-20-19(23)21-13-16-6-8-17(9-7-16)18(22)24-2/h3-9,12H,10-11,13H2,1-2H3,(H2,20,21,23). The second kappa shape index (κ2) is 8.72. The fraction of sp³-hybridized carbons (Fsp3) is 0.263. The normalized spacial score (nSPS) is 10.1. The first-order chi connectivity index (χ1) is 11.6. The second-order valence-corrected chi connectivity index (χ2v) is 5.54. The van der Waals surface area contributed by atoms with Crippen molar-refractivity contribution in [1.29, 1.82) is 0 Å². The van der Waals surface area contributed by atoms with Gasteiger partial charge in [0.15, 0.2) is 0 Å². The Balaban J connectivity index is 1.72. The monoisotopic (exact) mass is 326 g/mol. The molecule has 0 spiro atoms. The minimum Gasteiger partial charge on any atom is -0.465 e. The van der Waals surface area contributed by atoms with E-state index >= 15 is 0 Å². The summed E-state index contributed by atoms with van der Waals surface area (Å²) in [5.74, 6) is -0.372. The van der Waals surface area contributed by atoms with E-state index in [1.165, 1.54) is 18.2 Å². The first-order valence-corrected chi connectivity index (χ1v) is 7.83. The number of carbonyl (C=O) groups excluding carboxylic acids is 2. The van der Waals surface area contributed by atoms with E-state index in [4.69, 9.17) is 0 Å². The Bertz CT molecular complexity index is 696. The first kappa shape index (κ1) is 17.5. The summed E-state index contributed by atoms with van der Waals surface area (Å²) in [6.07, 6.45) is 0.795. The first-order valence-electron chi connectivity index (χ1n) is 7.83. The molecule has 2 aromatic carbocycles. The van der Waals surface area contributed by atoms with Gasteiger partial charge in [0.05, 0.1) is 12.7 Å². The van der Waals surface area contributed by atoms with Crippen molar-refractivity contribution in [3.8, 4) is 0 Å². The fourth-order valence-corrected chi connectivity index (χ4v) is 2.31. The van der Waals surface area contributed by atoms with Gasteiger partial charge in [0.1, 0.15) is 0 Å². The largest absolute Gasteiger partial charge is 0.465 e. The van der Waals surface area contributed by atoms with Crippen LogP contribution in [0.1, 0.15) is 27.0 Å². The van der Waals surface area contributed by atoms with Crippen LogP contribution in [0.4, 0.5) is 4.79 Å². The van der Waals surface area contributed by atoms with Crippen LogP contribution in [0.25, 0.3) is 0 Å². The number of amides is 2. The quantitative estimate of drug-likeness (QED) is 0.802. The number of hydrogen-bond acceptors (Lipinski definition) is 3. The Labute approximate surface area is 142 Å². The van der Waals surface area contributed by atoms with Gasteiger partial charge in [0.2, 0.25) is 0 Å². The van der Waals surface area contributed by atoms with E-state index in [2.05, 4.69) is 40.5 Å². The van der Waals surface area contributed by atoms with Gasteiger partial charge in [0, 0.05) is 13.1 Å². The molecule has 0 unspecified atom stereocenters. The number of esters is 1. The molecule has 0 aliphatic rings. The summed E-state index contributed by atoms with van der Waals surface area (Å²) in [6.45, 7) is 3.03. The molecule has 0 radical (unpaired) electrons. The van der Waals surface area contributed by atoms with E-state index < -0.39 is 0 Å². The number of benzene rings is 2. The van der Waals surface area contributed by atoms with E-state index in [0.717, 1.165) is 12.0 Å². The van der Waals surface area contributed by atoms with Crippen LogP contribution in [0.5, 0.6) is 0 Å². The van der Waals surface area contributed by atoms with Gasteiger partial charge in [-0.3, -0.25) is 0 Å². The lowest BCUT2D eigenvalue weighted by Crippen LogP contribution is -2.36. The summed E-state index contributed by atoms with van der Waals surface area (Å²) in [7, 11) is 1.35. The SMILES string of the molecule is COC(=O)c1ccc(CNC(=O)NCCc2cccc(C)c2)cc1. The highest BCUT2D eigenvalue weighted by Gasteiger charge is 2.05. The predicted molar refractivity (Wildman–Crippen MR) is 92.9 cm³/mol. The molecule has 0 aromatic heterocycles. The highest BCUT2D eigenvalue weighted by molar-refractivity contribution is 5.89. The molecule has 5 heteroatoms. The second-order valence-electron chi connectivity index (χ2n) is 5.54. The minimum atomic E-state index is -0.372. The number of ether oxygens (including phenoxy) is 1. The van der Waals surface area contributed by atoms with E-state index in [-0.39, 0.29) is 12.0 Å². The molecule has 0 fully saturated rings. The van der Waals surface area contributed by atoms with Gasteiger partial charge in [-0.05, 0) is 36.6 Å². The van der Waals surface area contributed by atoms with Crippen LogP contribution in [0.2, 0.25) is 0 Å². The average Bonchev–Trinajstić information content (AvgIpc) is 2.60. The molecule has 0 heterocycles. The molecule has 2 N–H and O–H groups in total. The van der Waals surface area contributed by atoms with Crippen LogP contribution in [-0.4, -0.2) is 25.7 Å². The molecule has 0 aliphatic carbocycles. The predicted octanol–water partition coefficient (Wildman–Crippen LogP) is 2.82. The third-order valence-corrected chi connectivity index (χ3v) is 3.61. The third kappa shape index (κ3) is 5.43. The maximum absolute atomic E-state index is 11.8. The van der Waals surface area contributed by atoms with Gasteiger partial charge in [-0.1, -0.05) is 42.0 Å². The summed E-state index contributed by atoms with van der Waals surface area (Å²) in [5.41, 5.74) is 3.82. The number of nitrogens with one attached hydrogen (secondary N) is 2. The van der Waals surface area contributed by atoms with Gasteiger partial charge in [-0.25, -0.2) is 9.59 Å². The number of hydrogen-bond donors (Lipinski definition) is 2. The number of urea groups is 1. The average molecular weight is 326 g/mol. The smallest absolute Gasteiger partial charge is 0.337 e. The maximum atomic E-state index is 11.8. The zero-order chi connectivity index (χ0) is 17.4. The highest BCUT2D eigenvalue weighted by Crippen LogP contribution is 2.06. The maximum Gasteiger partial charge on any atom is 0.337 e. The molecule has 0 saturated carbocycles. The Kier molecular flexibility index (Phi) is 6.37.